The van der Waals surface area contributed by atoms with Gasteiger partial charge in [0, 0.05) is 18.3 Å². The van der Waals surface area contributed by atoms with Gasteiger partial charge < -0.3 is 10.6 Å². The Morgan fingerprint density at radius 1 is 1.22 bits per heavy atom. The maximum Gasteiger partial charge on any atom is 0.0314 e. The van der Waals surface area contributed by atoms with Gasteiger partial charge in [-0.3, -0.25) is 4.90 Å². The maximum atomic E-state index is 5.71. The van der Waals surface area contributed by atoms with Crippen LogP contribution in [0.15, 0.2) is 24.3 Å². The highest BCUT2D eigenvalue weighted by Gasteiger charge is 2.21. The normalized spacial score (nSPS) is 18.4. The highest BCUT2D eigenvalue weighted by molar-refractivity contribution is 5.39. The van der Waals surface area contributed by atoms with Gasteiger partial charge in [-0.1, -0.05) is 19.1 Å². The molecule has 0 amide bonds. The SMILES string of the molecule is CCN1CCC(N(C)Cc2ccc(N)cc2)CC1. The molecule has 0 saturated carbocycles. The van der Waals surface area contributed by atoms with E-state index in [2.05, 4.69) is 35.9 Å². The van der Waals surface area contributed by atoms with E-state index in [-0.39, 0.29) is 0 Å². The molecule has 0 bridgehead atoms. The number of benzene rings is 1. The molecular formula is C15H25N3. The van der Waals surface area contributed by atoms with E-state index < -0.39 is 0 Å². The molecule has 1 aromatic carbocycles. The number of piperidine rings is 1. The molecule has 3 nitrogen and oxygen atoms in total. The molecule has 100 valence electrons. The van der Waals surface area contributed by atoms with E-state index in [9.17, 15) is 0 Å². The third kappa shape index (κ3) is 3.47. The quantitative estimate of drug-likeness (QED) is 0.828. The van der Waals surface area contributed by atoms with Gasteiger partial charge in [0.25, 0.3) is 0 Å². The molecule has 2 rings (SSSR count). The highest BCUT2D eigenvalue weighted by atomic mass is 15.2. The van der Waals surface area contributed by atoms with E-state index in [1.165, 1.54) is 38.0 Å². The van der Waals surface area contributed by atoms with E-state index in [0.29, 0.717) is 0 Å². The van der Waals surface area contributed by atoms with Crippen LogP contribution in [0.3, 0.4) is 0 Å². The summed E-state index contributed by atoms with van der Waals surface area (Å²) in [6.07, 6.45) is 2.58. The molecule has 18 heavy (non-hydrogen) atoms. The number of hydrogen-bond donors (Lipinski definition) is 1. The van der Waals surface area contributed by atoms with E-state index in [1.54, 1.807) is 0 Å². The van der Waals surface area contributed by atoms with Gasteiger partial charge in [-0.15, -0.1) is 0 Å². The first-order valence-electron chi connectivity index (χ1n) is 6.96. The maximum absolute atomic E-state index is 5.71. The molecule has 0 atom stereocenters. The monoisotopic (exact) mass is 247 g/mol. The van der Waals surface area contributed by atoms with Crippen LogP contribution < -0.4 is 5.73 Å². The predicted octanol–water partition coefficient (Wildman–Crippen LogP) is 2.18. The number of nitrogens with two attached hydrogens (primary N) is 1. The van der Waals surface area contributed by atoms with E-state index >= 15 is 0 Å². The average Bonchev–Trinajstić information content (AvgIpc) is 2.41. The van der Waals surface area contributed by atoms with Crippen molar-refractivity contribution < 1.29 is 0 Å². The number of likely N-dealkylation sites (tertiary alicyclic amines) is 1. The third-order valence-corrected chi connectivity index (χ3v) is 4.04. The van der Waals surface area contributed by atoms with Gasteiger partial charge >= 0.3 is 0 Å². The largest absolute Gasteiger partial charge is 0.399 e. The van der Waals surface area contributed by atoms with Crippen LogP contribution in [0.5, 0.6) is 0 Å². The van der Waals surface area contributed by atoms with E-state index in [4.69, 9.17) is 5.73 Å². The molecule has 0 aromatic heterocycles. The first kappa shape index (κ1) is 13.4. The van der Waals surface area contributed by atoms with Crippen LogP contribution in [0, 0.1) is 0 Å². The van der Waals surface area contributed by atoms with E-state index in [0.717, 1.165) is 18.3 Å². The van der Waals surface area contributed by atoms with Gasteiger partial charge in [-0.2, -0.15) is 0 Å². The Bertz CT molecular complexity index is 353. The molecule has 0 unspecified atom stereocenters. The standard InChI is InChI=1S/C15H25N3/c1-3-18-10-8-15(9-11-18)17(2)12-13-4-6-14(16)7-5-13/h4-7,15H,3,8-12,16H2,1-2H3. The average molecular weight is 247 g/mol. The van der Waals surface area contributed by atoms with Crippen molar-refractivity contribution in [2.45, 2.75) is 32.4 Å². The molecular weight excluding hydrogens is 222 g/mol. The Balaban J connectivity index is 1.85. The minimum absolute atomic E-state index is 0.727. The lowest BCUT2D eigenvalue weighted by Crippen LogP contribution is -2.42. The van der Waals surface area contributed by atoms with Crippen molar-refractivity contribution in [1.82, 2.24) is 9.80 Å². The first-order chi connectivity index (χ1) is 8.69. The summed E-state index contributed by atoms with van der Waals surface area (Å²) in [6, 6.07) is 8.97. The van der Waals surface area contributed by atoms with Crippen molar-refractivity contribution in [3.8, 4) is 0 Å². The third-order valence-electron chi connectivity index (χ3n) is 4.04. The topological polar surface area (TPSA) is 32.5 Å². The lowest BCUT2D eigenvalue weighted by molar-refractivity contribution is 0.127. The van der Waals surface area contributed by atoms with Crippen LogP contribution in [0.4, 0.5) is 5.69 Å². The fourth-order valence-electron chi connectivity index (χ4n) is 2.72. The summed E-state index contributed by atoms with van der Waals surface area (Å²) in [4.78, 5) is 5.02. The molecule has 1 aromatic rings. The smallest absolute Gasteiger partial charge is 0.0314 e. The zero-order valence-electron chi connectivity index (χ0n) is 11.6. The molecule has 1 heterocycles. The Morgan fingerprint density at radius 2 is 1.83 bits per heavy atom. The number of nitrogen functional groups attached to an aromatic ring is 1. The molecule has 2 N–H and O–H groups in total. The summed E-state index contributed by atoms with van der Waals surface area (Å²) < 4.78 is 0. The zero-order valence-corrected chi connectivity index (χ0v) is 11.6. The second-order valence-electron chi connectivity index (χ2n) is 5.32. The summed E-state index contributed by atoms with van der Waals surface area (Å²) in [7, 11) is 2.24. The molecule has 1 saturated heterocycles. The number of hydrogen-bond acceptors (Lipinski definition) is 3. The van der Waals surface area contributed by atoms with Gasteiger partial charge in [0.05, 0.1) is 0 Å². The highest BCUT2D eigenvalue weighted by Crippen LogP contribution is 2.17. The van der Waals surface area contributed by atoms with Crippen molar-refractivity contribution in [2.24, 2.45) is 0 Å². The van der Waals surface area contributed by atoms with Crippen molar-refractivity contribution in [3.05, 3.63) is 29.8 Å². The Kier molecular flexibility index (Phi) is 4.61. The van der Waals surface area contributed by atoms with Gasteiger partial charge in [-0.05, 0) is 57.2 Å². The minimum atomic E-state index is 0.727. The van der Waals surface area contributed by atoms with Crippen molar-refractivity contribution in [2.75, 3.05) is 32.4 Å². The Morgan fingerprint density at radius 3 is 2.39 bits per heavy atom. The first-order valence-corrected chi connectivity index (χ1v) is 6.96. The molecule has 1 aliphatic heterocycles. The molecule has 0 aliphatic carbocycles. The Labute approximate surface area is 111 Å². The lowest BCUT2D eigenvalue weighted by Gasteiger charge is -2.36. The summed E-state index contributed by atoms with van der Waals surface area (Å²) in [5.74, 6) is 0. The molecule has 0 spiro atoms. The summed E-state index contributed by atoms with van der Waals surface area (Å²) >= 11 is 0. The van der Waals surface area contributed by atoms with E-state index in [1.807, 2.05) is 12.1 Å². The van der Waals surface area contributed by atoms with Gasteiger partial charge in [0.2, 0.25) is 0 Å². The van der Waals surface area contributed by atoms with Crippen LogP contribution in [0.1, 0.15) is 25.3 Å². The second-order valence-corrected chi connectivity index (χ2v) is 5.32. The minimum Gasteiger partial charge on any atom is -0.399 e. The molecule has 1 fully saturated rings. The lowest BCUT2D eigenvalue weighted by atomic mass is 10.0. The van der Waals surface area contributed by atoms with Crippen molar-refractivity contribution in [1.29, 1.82) is 0 Å². The van der Waals surface area contributed by atoms with Crippen molar-refractivity contribution in [3.63, 3.8) is 0 Å². The van der Waals surface area contributed by atoms with Crippen LogP contribution in [0.2, 0.25) is 0 Å². The molecule has 0 radical (unpaired) electrons. The number of nitrogens with zero attached hydrogens (tertiary/aromatic N) is 2. The van der Waals surface area contributed by atoms with Crippen molar-refractivity contribution >= 4 is 5.69 Å². The van der Waals surface area contributed by atoms with Crippen LogP contribution in [-0.2, 0) is 6.54 Å². The Hall–Kier alpha value is -1.06. The number of anilines is 1. The summed E-state index contributed by atoms with van der Waals surface area (Å²) in [5.41, 5.74) is 7.91. The summed E-state index contributed by atoms with van der Waals surface area (Å²) in [5, 5.41) is 0. The van der Waals surface area contributed by atoms with Crippen LogP contribution >= 0.6 is 0 Å². The fraction of sp³-hybridized carbons (Fsp3) is 0.600. The molecule has 1 aliphatic rings. The second kappa shape index (κ2) is 6.21. The molecule has 3 heteroatoms. The fourth-order valence-corrected chi connectivity index (χ4v) is 2.72. The zero-order chi connectivity index (χ0) is 13.0. The van der Waals surface area contributed by atoms with Crippen LogP contribution in [0.25, 0.3) is 0 Å². The van der Waals surface area contributed by atoms with Crippen LogP contribution in [-0.4, -0.2) is 42.5 Å². The van der Waals surface area contributed by atoms with Gasteiger partial charge in [-0.25, -0.2) is 0 Å². The predicted molar refractivity (Wildman–Crippen MR) is 77.5 cm³/mol. The van der Waals surface area contributed by atoms with Gasteiger partial charge in [0.15, 0.2) is 0 Å². The summed E-state index contributed by atoms with van der Waals surface area (Å²) in [6.45, 7) is 6.95. The van der Waals surface area contributed by atoms with Gasteiger partial charge in [0.1, 0.15) is 0 Å². The number of rotatable bonds is 4.